The Labute approximate surface area is 159 Å². The number of aromatic nitrogens is 1. The summed E-state index contributed by atoms with van der Waals surface area (Å²) in [6, 6.07) is 8.46. The third-order valence-corrected chi connectivity index (χ3v) is 5.05. The summed E-state index contributed by atoms with van der Waals surface area (Å²) in [5.41, 5.74) is -0.0401. The zero-order valence-electron chi connectivity index (χ0n) is 14.8. The lowest BCUT2D eigenvalue weighted by Gasteiger charge is -2.36. The normalized spacial score (nSPS) is 19.0. The highest BCUT2D eigenvalue weighted by atomic mass is 19.3. The highest BCUT2D eigenvalue weighted by Gasteiger charge is 2.31. The molecule has 1 N–H and O–H groups in total. The molecule has 0 spiro atoms. The van der Waals surface area contributed by atoms with E-state index in [2.05, 4.69) is 10.3 Å². The number of fused-ring (bicyclic) bond motifs is 1. The van der Waals surface area contributed by atoms with Gasteiger partial charge in [-0.3, -0.25) is 4.98 Å². The Morgan fingerprint density at radius 2 is 1.89 bits per heavy atom. The Bertz CT molecular complexity index is 989. The molecule has 28 heavy (non-hydrogen) atoms. The van der Waals surface area contributed by atoms with Crippen LogP contribution in [-0.4, -0.2) is 17.1 Å². The van der Waals surface area contributed by atoms with Gasteiger partial charge in [0.2, 0.25) is 0 Å². The van der Waals surface area contributed by atoms with Crippen LogP contribution in [0.15, 0.2) is 48.8 Å². The Balaban J connectivity index is 1.32. The molecule has 0 saturated heterocycles. The van der Waals surface area contributed by atoms with Crippen molar-refractivity contribution >= 4 is 10.8 Å². The van der Waals surface area contributed by atoms with E-state index in [-0.39, 0.29) is 23.7 Å². The van der Waals surface area contributed by atoms with Gasteiger partial charge in [-0.05, 0) is 48.6 Å². The first-order valence-electron chi connectivity index (χ1n) is 9.00. The quantitative estimate of drug-likeness (QED) is 0.591. The van der Waals surface area contributed by atoms with E-state index in [1.54, 1.807) is 24.5 Å². The van der Waals surface area contributed by atoms with Gasteiger partial charge in [0.1, 0.15) is 23.5 Å². The number of nitrogens with one attached hydrogen (secondary N) is 1. The molecule has 1 aromatic heterocycles. The molecule has 3 nitrogen and oxygen atoms in total. The first-order valence-corrected chi connectivity index (χ1v) is 9.00. The van der Waals surface area contributed by atoms with Gasteiger partial charge in [0.05, 0.1) is 5.56 Å². The molecule has 1 heterocycles. The fourth-order valence-electron chi connectivity index (χ4n) is 3.41. The molecule has 0 amide bonds. The van der Waals surface area contributed by atoms with Crippen LogP contribution in [0.5, 0.6) is 5.75 Å². The number of hydrogen-bond donors (Lipinski definition) is 1. The Hall–Kier alpha value is -2.67. The number of pyridine rings is 1. The second-order valence-electron chi connectivity index (χ2n) is 6.90. The van der Waals surface area contributed by atoms with Crippen LogP contribution in [0.4, 0.5) is 17.6 Å². The molecule has 1 fully saturated rings. The highest BCUT2D eigenvalue weighted by Crippen LogP contribution is 2.30. The lowest BCUT2D eigenvalue weighted by atomic mass is 9.89. The van der Waals surface area contributed by atoms with Crippen LogP contribution < -0.4 is 10.1 Å². The van der Waals surface area contributed by atoms with Gasteiger partial charge >= 0.3 is 0 Å². The number of nitrogens with zero attached hydrogens (tertiary/aromatic N) is 1. The summed E-state index contributed by atoms with van der Waals surface area (Å²) in [5, 5.41) is 5.01. The molecule has 7 heteroatoms. The summed E-state index contributed by atoms with van der Waals surface area (Å²) in [5.74, 6) is -1.01. The minimum absolute atomic E-state index is 0.129. The first kappa shape index (κ1) is 18.7. The van der Waals surface area contributed by atoms with Crippen molar-refractivity contribution in [3.8, 4) is 5.75 Å². The summed E-state index contributed by atoms with van der Waals surface area (Å²) in [6.07, 6.45) is 1.70. The Kier molecular flexibility index (Phi) is 5.17. The van der Waals surface area contributed by atoms with E-state index in [4.69, 9.17) is 4.74 Å². The molecule has 1 saturated carbocycles. The second-order valence-corrected chi connectivity index (χ2v) is 6.90. The molecule has 0 aliphatic heterocycles. The Morgan fingerprint density at radius 1 is 1.07 bits per heavy atom. The maximum absolute atomic E-state index is 14.2. The lowest BCUT2D eigenvalue weighted by Crippen LogP contribution is -2.46. The minimum atomic E-state index is -2.85. The number of hydrogen-bond acceptors (Lipinski definition) is 3. The van der Waals surface area contributed by atoms with E-state index < -0.39 is 17.8 Å². The van der Waals surface area contributed by atoms with Gasteiger partial charge in [-0.15, -0.1) is 0 Å². The number of ether oxygens (including phenoxy) is 1. The monoisotopic (exact) mass is 390 g/mol. The zero-order chi connectivity index (χ0) is 19.7. The van der Waals surface area contributed by atoms with Crippen LogP contribution in [0.3, 0.4) is 0 Å². The highest BCUT2D eigenvalue weighted by molar-refractivity contribution is 5.84. The summed E-state index contributed by atoms with van der Waals surface area (Å²) >= 11 is 0. The molecular formula is C21H18F4N2O. The molecule has 0 radical (unpaired) electrons. The second kappa shape index (κ2) is 7.75. The largest absolute Gasteiger partial charge is 0.490 e. The van der Waals surface area contributed by atoms with Crippen LogP contribution in [0, 0.1) is 11.6 Å². The molecule has 2 aromatic carbocycles. The molecular weight excluding hydrogens is 372 g/mol. The van der Waals surface area contributed by atoms with E-state index in [1.165, 1.54) is 12.1 Å². The van der Waals surface area contributed by atoms with Crippen molar-refractivity contribution < 1.29 is 22.3 Å². The number of alkyl halides is 2. The predicted octanol–water partition coefficient (Wildman–Crippen LogP) is 5.15. The molecule has 3 aromatic rings. The maximum Gasteiger partial charge on any atom is 0.266 e. The van der Waals surface area contributed by atoms with Crippen LogP contribution in [0.1, 0.15) is 30.4 Å². The molecule has 0 unspecified atom stereocenters. The molecule has 4 rings (SSSR count). The van der Waals surface area contributed by atoms with Crippen LogP contribution in [0.2, 0.25) is 0 Å². The summed E-state index contributed by atoms with van der Waals surface area (Å²) < 4.78 is 58.6. The van der Waals surface area contributed by atoms with Gasteiger partial charge in [0.25, 0.3) is 6.43 Å². The van der Waals surface area contributed by atoms with Gasteiger partial charge in [0, 0.05) is 42.0 Å². The summed E-state index contributed by atoms with van der Waals surface area (Å²) in [7, 11) is 0. The fraction of sp³-hybridized carbons (Fsp3) is 0.286. The minimum Gasteiger partial charge on any atom is -0.490 e. The van der Waals surface area contributed by atoms with E-state index in [0.717, 1.165) is 22.9 Å². The van der Waals surface area contributed by atoms with E-state index in [9.17, 15) is 17.6 Å². The maximum atomic E-state index is 14.2. The lowest BCUT2D eigenvalue weighted by molar-refractivity contribution is 0.0836. The summed E-state index contributed by atoms with van der Waals surface area (Å²) in [4.78, 5) is 4.05. The van der Waals surface area contributed by atoms with Crippen molar-refractivity contribution in [1.82, 2.24) is 10.3 Å². The van der Waals surface area contributed by atoms with Crippen LogP contribution in [0.25, 0.3) is 10.8 Å². The molecule has 0 bridgehead atoms. The molecule has 1 aliphatic carbocycles. The van der Waals surface area contributed by atoms with Crippen molar-refractivity contribution in [3.05, 3.63) is 71.6 Å². The molecule has 0 atom stereocenters. The van der Waals surface area contributed by atoms with Gasteiger partial charge < -0.3 is 10.1 Å². The van der Waals surface area contributed by atoms with E-state index in [0.29, 0.717) is 24.9 Å². The van der Waals surface area contributed by atoms with Crippen molar-refractivity contribution in [2.24, 2.45) is 0 Å². The van der Waals surface area contributed by atoms with Crippen molar-refractivity contribution in [2.45, 2.75) is 38.0 Å². The summed E-state index contributed by atoms with van der Waals surface area (Å²) in [6.45, 7) is 0.377. The number of benzene rings is 2. The van der Waals surface area contributed by atoms with Gasteiger partial charge in [-0.1, -0.05) is 0 Å². The van der Waals surface area contributed by atoms with E-state index in [1.807, 2.05) is 0 Å². The standard InChI is InChI=1S/C21H18F4N2O/c22-19-4-1-12-10-26-6-5-16(12)18(19)11-27-13-7-15(8-13)28-14-2-3-17(21(24)25)20(23)9-14/h1-6,9-10,13,15,21,27H,7-8,11H2. The average Bonchev–Trinajstić information content (AvgIpc) is 2.64. The topological polar surface area (TPSA) is 34.1 Å². The van der Waals surface area contributed by atoms with Gasteiger partial charge in [-0.25, -0.2) is 17.6 Å². The van der Waals surface area contributed by atoms with Crippen molar-refractivity contribution in [3.63, 3.8) is 0 Å². The third kappa shape index (κ3) is 3.80. The predicted molar refractivity (Wildman–Crippen MR) is 97.3 cm³/mol. The molecule has 1 aliphatic rings. The average molecular weight is 390 g/mol. The first-order chi connectivity index (χ1) is 13.5. The molecule has 146 valence electrons. The van der Waals surface area contributed by atoms with Gasteiger partial charge in [-0.2, -0.15) is 0 Å². The fourth-order valence-corrected chi connectivity index (χ4v) is 3.41. The van der Waals surface area contributed by atoms with Gasteiger partial charge in [0.15, 0.2) is 0 Å². The Morgan fingerprint density at radius 3 is 2.64 bits per heavy atom. The van der Waals surface area contributed by atoms with Crippen molar-refractivity contribution in [1.29, 1.82) is 0 Å². The van der Waals surface area contributed by atoms with Crippen LogP contribution >= 0.6 is 0 Å². The number of halogens is 4. The van der Waals surface area contributed by atoms with E-state index >= 15 is 0 Å². The van der Waals surface area contributed by atoms with Crippen LogP contribution in [-0.2, 0) is 6.54 Å². The smallest absolute Gasteiger partial charge is 0.266 e. The van der Waals surface area contributed by atoms with Crippen molar-refractivity contribution in [2.75, 3.05) is 0 Å². The third-order valence-electron chi connectivity index (χ3n) is 5.05. The SMILES string of the molecule is Fc1cc(OC2CC(NCc3c(F)ccc4cnccc34)C2)ccc1C(F)F. The zero-order valence-corrected chi connectivity index (χ0v) is 14.8. The number of rotatable bonds is 6.